The lowest BCUT2D eigenvalue weighted by atomic mass is 10.2. The molecule has 1 N–H and O–H groups in total. The van der Waals surface area contributed by atoms with E-state index in [4.69, 9.17) is 9.15 Å². The molecule has 1 fully saturated rings. The van der Waals surface area contributed by atoms with Crippen LogP contribution in [0.15, 0.2) is 21.2 Å². The van der Waals surface area contributed by atoms with Crippen molar-refractivity contribution < 1.29 is 9.15 Å². The summed E-state index contributed by atoms with van der Waals surface area (Å²) in [6.45, 7) is 4.89. The highest BCUT2D eigenvalue weighted by molar-refractivity contribution is 9.10. The molecule has 1 unspecified atom stereocenters. The van der Waals surface area contributed by atoms with Crippen LogP contribution in [0.3, 0.4) is 0 Å². The summed E-state index contributed by atoms with van der Waals surface area (Å²) in [4.78, 5) is 0. The van der Waals surface area contributed by atoms with Crippen LogP contribution in [0.4, 0.5) is 0 Å². The van der Waals surface area contributed by atoms with Gasteiger partial charge in [0.05, 0.1) is 6.04 Å². The summed E-state index contributed by atoms with van der Waals surface area (Å²) in [5.41, 5.74) is 0. The SMILES string of the molecule is CC(NCCCOCC1CC1)c1ccc(Br)o1. The van der Waals surface area contributed by atoms with E-state index in [9.17, 15) is 0 Å². The van der Waals surface area contributed by atoms with E-state index in [0.717, 1.165) is 42.5 Å². The summed E-state index contributed by atoms with van der Waals surface area (Å²) >= 11 is 3.31. The molecule has 0 radical (unpaired) electrons. The maximum Gasteiger partial charge on any atom is 0.169 e. The van der Waals surface area contributed by atoms with Crippen molar-refractivity contribution >= 4 is 15.9 Å². The van der Waals surface area contributed by atoms with Crippen LogP contribution in [0.25, 0.3) is 0 Å². The smallest absolute Gasteiger partial charge is 0.169 e. The van der Waals surface area contributed by atoms with Gasteiger partial charge in [-0.3, -0.25) is 0 Å². The molecule has 0 bridgehead atoms. The van der Waals surface area contributed by atoms with Crippen LogP contribution in [-0.2, 0) is 4.74 Å². The van der Waals surface area contributed by atoms with E-state index in [1.54, 1.807) is 0 Å². The van der Waals surface area contributed by atoms with Crippen LogP contribution >= 0.6 is 15.9 Å². The third-order valence-corrected chi connectivity index (χ3v) is 3.41. The normalized spacial score (nSPS) is 17.3. The third-order valence-electron chi connectivity index (χ3n) is 2.99. The van der Waals surface area contributed by atoms with Gasteiger partial charge in [-0.2, -0.15) is 0 Å². The Bertz CT molecular complexity index is 336. The van der Waals surface area contributed by atoms with Crippen LogP contribution in [-0.4, -0.2) is 19.8 Å². The maximum absolute atomic E-state index is 5.58. The predicted molar refractivity (Wildman–Crippen MR) is 71.0 cm³/mol. The number of halogens is 1. The molecule has 0 amide bonds. The molecule has 1 aliphatic carbocycles. The van der Waals surface area contributed by atoms with Crippen LogP contribution in [0, 0.1) is 5.92 Å². The number of hydrogen-bond donors (Lipinski definition) is 1. The Morgan fingerprint density at radius 3 is 3.00 bits per heavy atom. The number of furan rings is 1. The summed E-state index contributed by atoms with van der Waals surface area (Å²) in [5, 5.41) is 3.42. The summed E-state index contributed by atoms with van der Waals surface area (Å²) in [5.74, 6) is 1.83. The van der Waals surface area contributed by atoms with Gasteiger partial charge < -0.3 is 14.5 Å². The van der Waals surface area contributed by atoms with Gasteiger partial charge in [0, 0.05) is 13.2 Å². The fourth-order valence-corrected chi connectivity index (χ4v) is 2.01. The quantitative estimate of drug-likeness (QED) is 0.746. The van der Waals surface area contributed by atoms with Crippen LogP contribution < -0.4 is 5.32 Å². The average molecular weight is 302 g/mol. The Kier molecular flexibility index (Phi) is 5.07. The van der Waals surface area contributed by atoms with Crippen LogP contribution in [0.2, 0.25) is 0 Å². The van der Waals surface area contributed by atoms with Crippen molar-refractivity contribution in [2.24, 2.45) is 5.92 Å². The molecule has 1 saturated carbocycles. The van der Waals surface area contributed by atoms with Crippen molar-refractivity contribution in [2.45, 2.75) is 32.2 Å². The van der Waals surface area contributed by atoms with Gasteiger partial charge in [-0.05, 0) is 66.7 Å². The highest BCUT2D eigenvalue weighted by atomic mass is 79.9. The van der Waals surface area contributed by atoms with Gasteiger partial charge in [0.2, 0.25) is 0 Å². The second-order valence-corrected chi connectivity index (χ2v) is 5.47. The monoisotopic (exact) mass is 301 g/mol. The third kappa shape index (κ3) is 4.82. The van der Waals surface area contributed by atoms with E-state index in [0.29, 0.717) is 0 Å². The van der Waals surface area contributed by atoms with E-state index < -0.39 is 0 Å². The van der Waals surface area contributed by atoms with Gasteiger partial charge in [-0.25, -0.2) is 0 Å². The molecule has 0 spiro atoms. The molecule has 1 aromatic rings. The number of nitrogens with one attached hydrogen (secondary N) is 1. The highest BCUT2D eigenvalue weighted by Gasteiger charge is 2.20. The molecule has 0 saturated heterocycles. The summed E-state index contributed by atoms with van der Waals surface area (Å²) in [7, 11) is 0. The Morgan fingerprint density at radius 1 is 1.53 bits per heavy atom. The van der Waals surface area contributed by atoms with Gasteiger partial charge >= 0.3 is 0 Å². The van der Waals surface area contributed by atoms with Gasteiger partial charge in [-0.15, -0.1) is 0 Å². The van der Waals surface area contributed by atoms with Crippen molar-refractivity contribution in [1.29, 1.82) is 0 Å². The van der Waals surface area contributed by atoms with Crippen molar-refractivity contribution in [1.82, 2.24) is 5.32 Å². The van der Waals surface area contributed by atoms with Gasteiger partial charge in [-0.1, -0.05) is 0 Å². The van der Waals surface area contributed by atoms with E-state index in [2.05, 4.69) is 28.2 Å². The lowest BCUT2D eigenvalue weighted by molar-refractivity contribution is 0.121. The Hall–Kier alpha value is -0.320. The molecule has 1 aromatic heterocycles. The number of rotatable bonds is 8. The molecule has 17 heavy (non-hydrogen) atoms. The minimum atomic E-state index is 0.254. The minimum absolute atomic E-state index is 0.254. The first-order chi connectivity index (χ1) is 8.25. The van der Waals surface area contributed by atoms with E-state index in [-0.39, 0.29) is 6.04 Å². The Balaban J connectivity index is 1.51. The minimum Gasteiger partial charge on any atom is -0.453 e. The van der Waals surface area contributed by atoms with Crippen LogP contribution in [0.5, 0.6) is 0 Å². The molecule has 3 nitrogen and oxygen atoms in total. The second kappa shape index (κ2) is 6.57. The lowest BCUT2D eigenvalue weighted by Gasteiger charge is -2.11. The zero-order valence-corrected chi connectivity index (χ0v) is 11.8. The van der Waals surface area contributed by atoms with E-state index in [1.165, 1.54) is 12.8 Å². The zero-order chi connectivity index (χ0) is 12.1. The maximum atomic E-state index is 5.58. The Labute approximate surface area is 111 Å². The first kappa shape index (κ1) is 13.1. The van der Waals surface area contributed by atoms with Crippen LogP contribution in [0.1, 0.15) is 38.0 Å². The van der Waals surface area contributed by atoms with Gasteiger partial charge in [0.25, 0.3) is 0 Å². The molecular formula is C13H20BrNO2. The van der Waals surface area contributed by atoms with Crippen molar-refractivity contribution in [3.05, 3.63) is 22.6 Å². The molecule has 1 heterocycles. The van der Waals surface area contributed by atoms with Crippen molar-refractivity contribution in [3.8, 4) is 0 Å². The molecule has 0 aromatic carbocycles. The van der Waals surface area contributed by atoms with E-state index in [1.807, 2.05) is 12.1 Å². The fraction of sp³-hybridized carbons (Fsp3) is 0.692. The van der Waals surface area contributed by atoms with Gasteiger partial charge in [0.15, 0.2) is 4.67 Å². The number of ether oxygens (including phenoxy) is 1. The molecule has 4 heteroatoms. The molecular weight excluding hydrogens is 282 g/mol. The second-order valence-electron chi connectivity index (χ2n) is 4.69. The summed E-state index contributed by atoms with van der Waals surface area (Å²) < 4.78 is 11.9. The van der Waals surface area contributed by atoms with Gasteiger partial charge in [0.1, 0.15) is 5.76 Å². The number of hydrogen-bond acceptors (Lipinski definition) is 3. The summed E-state index contributed by atoms with van der Waals surface area (Å²) in [6, 6.07) is 4.17. The summed E-state index contributed by atoms with van der Waals surface area (Å²) in [6.07, 6.45) is 3.78. The molecule has 2 rings (SSSR count). The molecule has 1 atom stereocenters. The molecule has 1 aliphatic rings. The lowest BCUT2D eigenvalue weighted by Crippen LogP contribution is -2.20. The van der Waals surface area contributed by atoms with Crippen molar-refractivity contribution in [2.75, 3.05) is 19.8 Å². The molecule has 0 aliphatic heterocycles. The topological polar surface area (TPSA) is 34.4 Å². The average Bonchev–Trinajstić information content (AvgIpc) is 3.04. The first-order valence-electron chi connectivity index (χ1n) is 6.32. The zero-order valence-electron chi connectivity index (χ0n) is 10.2. The van der Waals surface area contributed by atoms with Crippen molar-refractivity contribution in [3.63, 3.8) is 0 Å². The first-order valence-corrected chi connectivity index (χ1v) is 7.11. The standard InChI is InChI=1S/C13H20BrNO2/c1-10(12-5-6-13(14)17-12)15-7-2-8-16-9-11-3-4-11/h5-6,10-11,15H,2-4,7-9H2,1H3. The highest BCUT2D eigenvalue weighted by Crippen LogP contribution is 2.28. The Morgan fingerprint density at radius 2 is 2.35 bits per heavy atom. The molecule has 96 valence electrons. The predicted octanol–water partition coefficient (Wildman–Crippen LogP) is 3.51. The van der Waals surface area contributed by atoms with E-state index >= 15 is 0 Å². The fourth-order valence-electron chi connectivity index (χ4n) is 1.69. The largest absolute Gasteiger partial charge is 0.453 e.